The van der Waals surface area contributed by atoms with Gasteiger partial charge in [-0.15, -0.1) is 0 Å². The van der Waals surface area contributed by atoms with Crippen LogP contribution < -0.4 is 10.6 Å². The largest absolute Gasteiger partial charge is 0.418 e. The van der Waals surface area contributed by atoms with Crippen LogP contribution in [0.5, 0.6) is 0 Å². The van der Waals surface area contributed by atoms with Gasteiger partial charge in [0.1, 0.15) is 0 Å². The van der Waals surface area contributed by atoms with Crippen LogP contribution in [0.2, 0.25) is 0 Å². The highest BCUT2D eigenvalue weighted by Gasteiger charge is 2.34. The van der Waals surface area contributed by atoms with Crippen LogP contribution >= 0.6 is 0 Å². The monoisotopic (exact) mass is 426 g/mol. The molecule has 0 spiro atoms. The first kappa shape index (κ1) is 22.6. The number of carbonyl (C=O) groups excluding carboxylic acids is 2. The lowest BCUT2D eigenvalue weighted by Crippen LogP contribution is -2.55. The number of nitrogens with zero attached hydrogens (tertiary/aromatic N) is 2. The normalized spacial score (nSPS) is 20.1. The molecule has 1 heterocycles. The number of carbonyl (C=O) groups is 2. The van der Waals surface area contributed by atoms with Crippen molar-refractivity contribution in [3.05, 3.63) is 29.8 Å². The molecular weight excluding hydrogens is 397 g/mol. The summed E-state index contributed by atoms with van der Waals surface area (Å²) in [6, 6.07) is 5.00. The number of rotatable bonds is 6. The van der Waals surface area contributed by atoms with Gasteiger partial charge in [0.25, 0.3) is 0 Å². The molecule has 0 bridgehead atoms. The lowest BCUT2D eigenvalue weighted by atomic mass is 10.1. The molecular formula is C21H29F3N4O2. The van der Waals surface area contributed by atoms with Gasteiger partial charge in [-0.25, -0.2) is 0 Å². The standard InChI is InChI=1S/C21H29F3N4O2/c1-15(20(30)25-16-6-2-3-7-16)28-12-10-27(11-13-28)14-19(29)26-18-9-5-4-8-17(18)21(22,23)24/h4-5,8-9,15-16H,2-3,6-7,10-14H2,1H3,(H,25,30)(H,26,29). The Hall–Kier alpha value is -2.13. The van der Waals surface area contributed by atoms with Crippen LogP contribution in [-0.4, -0.2) is 66.4 Å². The molecule has 1 unspecified atom stereocenters. The van der Waals surface area contributed by atoms with Crippen molar-refractivity contribution in [2.24, 2.45) is 0 Å². The molecule has 1 aliphatic heterocycles. The van der Waals surface area contributed by atoms with Crippen molar-refractivity contribution in [3.8, 4) is 0 Å². The van der Waals surface area contributed by atoms with Gasteiger partial charge in [0.15, 0.2) is 0 Å². The minimum Gasteiger partial charge on any atom is -0.352 e. The Bertz CT molecular complexity index is 742. The van der Waals surface area contributed by atoms with Crippen LogP contribution in [-0.2, 0) is 15.8 Å². The summed E-state index contributed by atoms with van der Waals surface area (Å²) >= 11 is 0. The van der Waals surface area contributed by atoms with Gasteiger partial charge in [0, 0.05) is 32.2 Å². The molecule has 0 radical (unpaired) electrons. The Morgan fingerprint density at radius 3 is 2.37 bits per heavy atom. The molecule has 1 aromatic rings. The molecule has 1 aliphatic carbocycles. The summed E-state index contributed by atoms with van der Waals surface area (Å²) in [6.07, 6.45) is -0.122. The van der Waals surface area contributed by atoms with E-state index in [9.17, 15) is 22.8 Å². The van der Waals surface area contributed by atoms with E-state index in [0.29, 0.717) is 26.2 Å². The highest BCUT2D eigenvalue weighted by Crippen LogP contribution is 2.34. The Morgan fingerprint density at radius 2 is 1.73 bits per heavy atom. The Labute approximate surface area is 174 Å². The Kier molecular flexibility index (Phi) is 7.36. The zero-order chi connectivity index (χ0) is 21.7. The lowest BCUT2D eigenvalue weighted by molar-refractivity contribution is -0.137. The average Bonchev–Trinajstić information content (AvgIpc) is 3.20. The third-order valence-corrected chi connectivity index (χ3v) is 5.91. The van der Waals surface area contributed by atoms with Gasteiger partial charge in [0.2, 0.25) is 11.8 Å². The van der Waals surface area contributed by atoms with E-state index in [0.717, 1.165) is 31.7 Å². The zero-order valence-electron chi connectivity index (χ0n) is 17.2. The second-order valence-electron chi connectivity index (χ2n) is 8.07. The maximum Gasteiger partial charge on any atom is 0.418 e. The number of nitrogens with one attached hydrogen (secondary N) is 2. The number of benzene rings is 1. The molecule has 9 heteroatoms. The molecule has 6 nitrogen and oxygen atoms in total. The van der Waals surface area contributed by atoms with E-state index in [1.165, 1.54) is 18.2 Å². The molecule has 2 aliphatic rings. The molecule has 2 fully saturated rings. The second-order valence-corrected chi connectivity index (χ2v) is 8.07. The van der Waals surface area contributed by atoms with E-state index in [1.807, 2.05) is 11.8 Å². The van der Waals surface area contributed by atoms with Gasteiger partial charge < -0.3 is 10.6 Å². The van der Waals surface area contributed by atoms with Crippen molar-refractivity contribution in [2.45, 2.75) is 50.9 Å². The molecule has 1 saturated carbocycles. The highest BCUT2D eigenvalue weighted by molar-refractivity contribution is 5.93. The number of hydrogen-bond acceptors (Lipinski definition) is 4. The third-order valence-electron chi connectivity index (χ3n) is 5.91. The van der Waals surface area contributed by atoms with Crippen LogP contribution in [0.4, 0.5) is 18.9 Å². The van der Waals surface area contributed by atoms with E-state index < -0.39 is 17.6 Å². The minimum absolute atomic E-state index is 0.0166. The van der Waals surface area contributed by atoms with Crippen molar-refractivity contribution in [3.63, 3.8) is 0 Å². The average molecular weight is 426 g/mol. The number of piperazine rings is 1. The van der Waals surface area contributed by atoms with Gasteiger partial charge in [-0.1, -0.05) is 25.0 Å². The minimum atomic E-state index is -4.52. The molecule has 2 N–H and O–H groups in total. The van der Waals surface area contributed by atoms with Gasteiger partial charge in [-0.2, -0.15) is 13.2 Å². The fraction of sp³-hybridized carbons (Fsp3) is 0.619. The Balaban J connectivity index is 1.45. The van der Waals surface area contributed by atoms with Crippen LogP contribution in [0.25, 0.3) is 0 Å². The summed E-state index contributed by atoms with van der Waals surface area (Å²) in [5.74, 6) is -0.441. The predicted molar refractivity (Wildman–Crippen MR) is 108 cm³/mol. The summed E-state index contributed by atoms with van der Waals surface area (Å²) in [5.41, 5.74) is -1.09. The molecule has 166 valence electrons. The molecule has 1 saturated heterocycles. The first-order chi connectivity index (χ1) is 14.2. The molecule has 3 rings (SSSR count). The SMILES string of the molecule is CC(C(=O)NC1CCCC1)N1CCN(CC(=O)Nc2ccccc2C(F)(F)F)CC1. The molecule has 30 heavy (non-hydrogen) atoms. The van der Waals surface area contributed by atoms with Crippen LogP contribution in [0.3, 0.4) is 0 Å². The molecule has 2 amide bonds. The summed E-state index contributed by atoms with van der Waals surface area (Å²) in [5, 5.41) is 5.49. The summed E-state index contributed by atoms with van der Waals surface area (Å²) in [4.78, 5) is 28.7. The Morgan fingerprint density at radius 1 is 1.10 bits per heavy atom. The van der Waals surface area contributed by atoms with E-state index in [1.54, 1.807) is 0 Å². The van der Waals surface area contributed by atoms with Crippen molar-refractivity contribution in [2.75, 3.05) is 38.0 Å². The van der Waals surface area contributed by atoms with Gasteiger partial charge in [0.05, 0.1) is 23.8 Å². The number of amides is 2. The van der Waals surface area contributed by atoms with Crippen molar-refractivity contribution in [1.82, 2.24) is 15.1 Å². The van der Waals surface area contributed by atoms with Crippen LogP contribution in [0.1, 0.15) is 38.2 Å². The summed E-state index contributed by atoms with van der Waals surface area (Å²) in [6.45, 7) is 4.32. The van der Waals surface area contributed by atoms with E-state index in [-0.39, 0.29) is 30.2 Å². The zero-order valence-corrected chi connectivity index (χ0v) is 17.2. The topological polar surface area (TPSA) is 64.7 Å². The number of alkyl halides is 3. The van der Waals surface area contributed by atoms with Crippen molar-refractivity contribution in [1.29, 1.82) is 0 Å². The van der Waals surface area contributed by atoms with Crippen molar-refractivity contribution >= 4 is 17.5 Å². The maximum atomic E-state index is 13.1. The maximum absolute atomic E-state index is 13.1. The first-order valence-electron chi connectivity index (χ1n) is 10.5. The summed E-state index contributed by atoms with van der Waals surface area (Å²) in [7, 11) is 0. The van der Waals surface area contributed by atoms with Gasteiger partial charge in [-0.05, 0) is 31.9 Å². The predicted octanol–water partition coefficient (Wildman–Crippen LogP) is 2.71. The second kappa shape index (κ2) is 9.78. The fourth-order valence-electron chi connectivity index (χ4n) is 4.10. The number of anilines is 1. The van der Waals surface area contributed by atoms with E-state index in [2.05, 4.69) is 15.5 Å². The van der Waals surface area contributed by atoms with Gasteiger partial charge >= 0.3 is 6.18 Å². The number of para-hydroxylation sites is 1. The molecule has 0 aromatic heterocycles. The quantitative estimate of drug-likeness (QED) is 0.734. The highest BCUT2D eigenvalue weighted by atomic mass is 19.4. The summed E-state index contributed by atoms with van der Waals surface area (Å²) < 4.78 is 39.2. The molecule has 1 aromatic carbocycles. The molecule has 1 atom stereocenters. The number of halogens is 3. The van der Waals surface area contributed by atoms with E-state index >= 15 is 0 Å². The van der Waals surface area contributed by atoms with Crippen LogP contribution in [0.15, 0.2) is 24.3 Å². The lowest BCUT2D eigenvalue weighted by Gasteiger charge is -2.37. The van der Waals surface area contributed by atoms with Gasteiger partial charge in [-0.3, -0.25) is 19.4 Å². The number of hydrogen-bond donors (Lipinski definition) is 2. The smallest absolute Gasteiger partial charge is 0.352 e. The van der Waals surface area contributed by atoms with Crippen molar-refractivity contribution < 1.29 is 22.8 Å². The third kappa shape index (κ3) is 5.95. The van der Waals surface area contributed by atoms with Crippen LogP contribution in [0, 0.1) is 0 Å². The fourth-order valence-corrected chi connectivity index (χ4v) is 4.10. The van der Waals surface area contributed by atoms with E-state index in [4.69, 9.17) is 0 Å². The first-order valence-corrected chi connectivity index (χ1v) is 10.5.